The van der Waals surface area contributed by atoms with Crippen LogP contribution in [0, 0.1) is 0 Å². The van der Waals surface area contributed by atoms with Crippen LogP contribution >= 0.6 is 11.6 Å². The summed E-state index contributed by atoms with van der Waals surface area (Å²) in [6, 6.07) is 5.54. The van der Waals surface area contributed by atoms with Crippen molar-refractivity contribution in [3.8, 4) is 5.75 Å². The van der Waals surface area contributed by atoms with Crippen molar-refractivity contribution in [3.63, 3.8) is 0 Å². The van der Waals surface area contributed by atoms with E-state index >= 15 is 0 Å². The fourth-order valence-corrected chi connectivity index (χ4v) is 1.14. The molecule has 0 N–H and O–H groups in total. The molecule has 1 aromatic carbocycles. The Labute approximate surface area is 90.1 Å². The van der Waals surface area contributed by atoms with Gasteiger partial charge >= 0.3 is 6.36 Å². The third-order valence-corrected chi connectivity index (χ3v) is 1.96. The molecule has 1 aromatic rings. The summed E-state index contributed by atoms with van der Waals surface area (Å²) < 4.78 is 39.4. The normalized spacial score (nSPS) is 11.2. The van der Waals surface area contributed by atoms with Crippen molar-refractivity contribution in [2.75, 3.05) is 5.88 Å². The Morgan fingerprint density at radius 2 is 2.07 bits per heavy atom. The van der Waals surface area contributed by atoms with E-state index in [1.54, 1.807) is 6.07 Å². The van der Waals surface area contributed by atoms with Gasteiger partial charge in [0.1, 0.15) is 5.75 Å². The van der Waals surface area contributed by atoms with Gasteiger partial charge in [0.25, 0.3) is 0 Å². The maximum absolute atomic E-state index is 11.9. The van der Waals surface area contributed by atoms with Crippen LogP contribution in [0.25, 0.3) is 5.57 Å². The number of hydrogen-bond acceptors (Lipinski definition) is 1. The summed E-state index contributed by atoms with van der Waals surface area (Å²) in [7, 11) is 0. The van der Waals surface area contributed by atoms with Crippen LogP contribution in [-0.4, -0.2) is 12.2 Å². The van der Waals surface area contributed by atoms with Gasteiger partial charge in [0.05, 0.1) is 0 Å². The molecule has 0 amide bonds. The van der Waals surface area contributed by atoms with Crippen molar-refractivity contribution < 1.29 is 17.9 Å². The Morgan fingerprint density at radius 3 is 2.60 bits per heavy atom. The number of hydrogen-bond donors (Lipinski definition) is 0. The molecular formula is C10H8ClF3O. The quantitative estimate of drug-likeness (QED) is 0.725. The Hall–Kier alpha value is -1.16. The van der Waals surface area contributed by atoms with Gasteiger partial charge in [0.15, 0.2) is 0 Å². The predicted molar refractivity (Wildman–Crippen MR) is 52.9 cm³/mol. The molecular weight excluding hydrogens is 229 g/mol. The maximum atomic E-state index is 11.9. The monoisotopic (exact) mass is 236 g/mol. The molecule has 0 bridgehead atoms. The van der Waals surface area contributed by atoms with Crippen LogP contribution in [0.2, 0.25) is 0 Å². The molecule has 0 heterocycles. The van der Waals surface area contributed by atoms with Crippen molar-refractivity contribution >= 4 is 17.2 Å². The molecule has 0 aliphatic heterocycles. The lowest BCUT2D eigenvalue weighted by Gasteiger charge is -2.10. The first-order valence-electron chi connectivity index (χ1n) is 4.02. The van der Waals surface area contributed by atoms with E-state index in [1.807, 2.05) is 0 Å². The molecule has 82 valence electrons. The minimum atomic E-state index is -4.68. The van der Waals surface area contributed by atoms with Crippen molar-refractivity contribution in [1.82, 2.24) is 0 Å². The highest BCUT2D eigenvalue weighted by Crippen LogP contribution is 2.25. The number of allylic oxidation sites excluding steroid dienone is 1. The molecule has 0 aliphatic carbocycles. The molecule has 15 heavy (non-hydrogen) atoms. The van der Waals surface area contributed by atoms with E-state index < -0.39 is 6.36 Å². The largest absolute Gasteiger partial charge is 0.573 e. The molecule has 0 atom stereocenters. The summed E-state index contributed by atoms with van der Waals surface area (Å²) in [4.78, 5) is 0. The van der Waals surface area contributed by atoms with Crippen molar-refractivity contribution in [3.05, 3.63) is 36.4 Å². The Bertz CT molecular complexity index is 360. The minimum absolute atomic E-state index is 0.162. The van der Waals surface area contributed by atoms with Gasteiger partial charge < -0.3 is 4.74 Å². The average Bonchev–Trinajstić information content (AvgIpc) is 2.14. The SMILES string of the molecule is C=C(CCl)c1cccc(OC(F)(F)F)c1. The van der Waals surface area contributed by atoms with E-state index in [9.17, 15) is 13.2 Å². The summed E-state index contributed by atoms with van der Waals surface area (Å²) in [6.45, 7) is 3.61. The van der Waals surface area contributed by atoms with Gasteiger partial charge in [-0.15, -0.1) is 24.8 Å². The zero-order valence-corrected chi connectivity index (χ0v) is 8.40. The van der Waals surface area contributed by atoms with Crippen molar-refractivity contribution in [1.29, 1.82) is 0 Å². The van der Waals surface area contributed by atoms with Crippen LogP contribution in [0.5, 0.6) is 5.75 Å². The molecule has 0 saturated carbocycles. The van der Waals surface area contributed by atoms with E-state index in [1.165, 1.54) is 18.2 Å². The molecule has 1 rings (SSSR count). The Balaban J connectivity index is 2.88. The lowest BCUT2D eigenvalue weighted by Crippen LogP contribution is -2.17. The number of rotatable bonds is 3. The first-order valence-corrected chi connectivity index (χ1v) is 4.56. The molecule has 0 aliphatic rings. The Kier molecular flexibility index (Phi) is 3.63. The average molecular weight is 237 g/mol. The van der Waals surface area contributed by atoms with Gasteiger partial charge in [0.2, 0.25) is 0 Å². The van der Waals surface area contributed by atoms with E-state index in [0.29, 0.717) is 11.1 Å². The summed E-state index contributed by atoms with van der Waals surface area (Å²) >= 11 is 5.51. The lowest BCUT2D eigenvalue weighted by molar-refractivity contribution is -0.274. The summed E-state index contributed by atoms with van der Waals surface area (Å²) in [5.74, 6) is -0.110. The van der Waals surface area contributed by atoms with E-state index in [4.69, 9.17) is 11.6 Å². The molecule has 1 nitrogen and oxygen atoms in total. The van der Waals surface area contributed by atoms with Crippen LogP contribution in [-0.2, 0) is 0 Å². The lowest BCUT2D eigenvalue weighted by atomic mass is 10.1. The first-order chi connectivity index (χ1) is 6.92. The summed E-state index contributed by atoms with van der Waals surface area (Å²) in [6.07, 6.45) is -4.68. The number of ether oxygens (including phenoxy) is 1. The van der Waals surface area contributed by atoms with Crippen molar-refractivity contribution in [2.24, 2.45) is 0 Å². The molecule has 0 saturated heterocycles. The molecule has 5 heteroatoms. The molecule has 0 fully saturated rings. The van der Waals surface area contributed by atoms with Crippen LogP contribution in [0.3, 0.4) is 0 Å². The summed E-state index contributed by atoms with van der Waals surface area (Å²) in [5.41, 5.74) is 1.08. The van der Waals surface area contributed by atoms with Gasteiger partial charge in [-0.25, -0.2) is 0 Å². The predicted octanol–water partition coefficient (Wildman–Crippen LogP) is 3.84. The van der Waals surface area contributed by atoms with Gasteiger partial charge in [-0.05, 0) is 23.3 Å². The second kappa shape index (κ2) is 4.57. The fourth-order valence-electron chi connectivity index (χ4n) is 0.990. The van der Waals surface area contributed by atoms with E-state index in [0.717, 1.165) is 0 Å². The number of halogens is 4. The molecule has 0 spiro atoms. The van der Waals surface area contributed by atoms with Crippen LogP contribution in [0.4, 0.5) is 13.2 Å². The van der Waals surface area contributed by atoms with Gasteiger partial charge in [0, 0.05) is 5.88 Å². The topological polar surface area (TPSA) is 9.23 Å². The fraction of sp³-hybridized carbons (Fsp3) is 0.200. The molecule has 0 unspecified atom stereocenters. The third kappa shape index (κ3) is 3.83. The first kappa shape index (κ1) is 11.9. The van der Waals surface area contributed by atoms with E-state index in [2.05, 4.69) is 11.3 Å². The zero-order chi connectivity index (χ0) is 11.5. The zero-order valence-electron chi connectivity index (χ0n) is 7.64. The highest BCUT2D eigenvalue weighted by atomic mass is 35.5. The molecule has 0 radical (unpaired) electrons. The maximum Gasteiger partial charge on any atom is 0.573 e. The van der Waals surface area contributed by atoms with Crippen molar-refractivity contribution in [2.45, 2.75) is 6.36 Å². The Morgan fingerprint density at radius 1 is 1.40 bits per heavy atom. The highest BCUT2D eigenvalue weighted by Gasteiger charge is 2.31. The second-order valence-electron chi connectivity index (χ2n) is 2.81. The van der Waals surface area contributed by atoms with Crippen LogP contribution in [0.1, 0.15) is 5.56 Å². The number of benzene rings is 1. The minimum Gasteiger partial charge on any atom is -0.406 e. The van der Waals surface area contributed by atoms with Gasteiger partial charge in [-0.2, -0.15) is 0 Å². The molecule has 0 aromatic heterocycles. The van der Waals surface area contributed by atoms with Crippen LogP contribution in [0.15, 0.2) is 30.8 Å². The van der Waals surface area contributed by atoms with E-state index in [-0.39, 0.29) is 11.6 Å². The number of alkyl halides is 4. The van der Waals surface area contributed by atoms with Crippen LogP contribution < -0.4 is 4.74 Å². The standard InChI is InChI=1S/C10H8ClF3O/c1-7(6-11)8-3-2-4-9(5-8)15-10(12,13)14/h2-5H,1,6H2. The summed E-state index contributed by atoms with van der Waals surface area (Å²) in [5, 5.41) is 0. The smallest absolute Gasteiger partial charge is 0.406 e. The van der Waals surface area contributed by atoms with Gasteiger partial charge in [-0.1, -0.05) is 18.7 Å². The third-order valence-electron chi connectivity index (χ3n) is 1.64. The van der Waals surface area contributed by atoms with Gasteiger partial charge in [-0.3, -0.25) is 0 Å². The second-order valence-corrected chi connectivity index (χ2v) is 3.08. The highest BCUT2D eigenvalue weighted by molar-refractivity contribution is 6.23.